The topological polar surface area (TPSA) is 38.7 Å². The minimum atomic E-state index is 0.229. The SMILES string of the molecule is Clc1nc(-c2cc3ccccc3c3ccccc23)c2ncccc2n1. The van der Waals surface area contributed by atoms with E-state index in [2.05, 4.69) is 57.4 Å². The van der Waals surface area contributed by atoms with E-state index in [1.807, 2.05) is 24.3 Å². The summed E-state index contributed by atoms with van der Waals surface area (Å²) >= 11 is 6.19. The first-order chi connectivity index (χ1) is 12.3. The van der Waals surface area contributed by atoms with E-state index in [4.69, 9.17) is 11.6 Å². The molecule has 0 bridgehead atoms. The second-order valence-electron chi connectivity index (χ2n) is 5.90. The Kier molecular flexibility index (Phi) is 3.15. The van der Waals surface area contributed by atoms with E-state index in [1.54, 1.807) is 6.20 Å². The number of benzene rings is 3. The molecule has 2 aromatic heterocycles. The Morgan fingerprint density at radius 3 is 2.36 bits per heavy atom. The number of hydrogen-bond donors (Lipinski definition) is 0. The van der Waals surface area contributed by atoms with Crippen molar-refractivity contribution in [1.82, 2.24) is 15.0 Å². The molecule has 0 N–H and O–H groups in total. The van der Waals surface area contributed by atoms with Gasteiger partial charge in [-0.2, -0.15) is 0 Å². The molecule has 0 atom stereocenters. The summed E-state index contributed by atoms with van der Waals surface area (Å²) in [5.74, 6) is 0. The van der Waals surface area contributed by atoms with Crippen LogP contribution >= 0.6 is 11.6 Å². The first-order valence-electron chi connectivity index (χ1n) is 8.00. The number of nitrogens with zero attached hydrogens (tertiary/aromatic N) is 3. The summed E-state index contributed by atoms with van der Waals surface area (Å²) in [6, 6.07) is 22.6. The quantitative estimate of drug-likeness (QED) is 0.292. The Morgan fingerprint density at radius 1 is 0.720 bits per heavy atom. The Hall–Kier alpha value is -3.04. The Morgan fingerprint density at radius 2 is 1.48 bits per heavy atom. The van der Waals surface area contributed by atoms with E-state index in [-0.39, 0.29) is 5.28 Å². The molecule has 0 saturated heterocycles. The summed E-state index contributed by atoms with van der Waals surface area (Å²) < 4.78 is 0. The van der Waals surface area contributed by atoms with Gasteiger partial charge < -0.3 is 0 Å². The molecule has 0 aliphatic carbocycles. The number of hydrogen-bond acceptors (Lipinski definition) is 3. The molecule has 25 heavy (non-hydrogen) atoms. The number of pyridine rings is 1. The van der Waals surface area contributed by atoms with Crippen LogP contribution < -0.4 is 0 Å². The predicted octanol–water partition coefficient (Wildman–Crippen LogP) is 5.65. The van der Waals surface area contributed by atoms with Crippen LogP contribution in [0.1, 0.15) is 0 Å². The molecule has 0 saturated carbocycles. The second-order valence-corrected chi connectivity index (χ2v) is 6.24. The van der Waals surface area contributed by atoms with Crippen molar-refractivity contribution < 1.29 is 0 Å². The molecule has 5 aromatic rings. The van der Waals surface area contributed by atoms with Gasteiger partial charge in [0.2, 0.25) is 5.28 Å². The molecule has 0 spiro atoms. The van der Waals surface area contributed by atoms with Crippen molar-refractivity contribution in [2.75, 3.05) is 0 Å². The van der Waals surface area contributed by atoms with Crippen LogP contribution in [0.3, 0.4) is 0 Å². The van der Waals surface area contributed by atoms with E-state index in [1.165, 1.54) is 10.8 Å². The summed E-state index contributed by atoms with van der Waals surface area (Å²) in [4.78, 5) is 13.3. The first-order valence-corrected chi connectivity index (χ1v) is 8.38. The molecule has 0 amide bonds. The van der Waals surface area contributed by atoms with Crippen LogP contribution in [-0.4, -0.2) is 15.0 Å². The van der Waals surface area contributed by atoms with Gasteiger partial charge in [-0.25, -0.2) is 9.97 Å². The van der Waals surface area contributed by atoms with Gasteiger partial charge in [0.15, 0.2) is 0 Å². The largest absolute Gasteiger partial charge is 0.252 e. The molecule has 0 aliphatic heterocycles. The van der Waals surface area contributed by atoms with Gasteiger partial charge in [-0.15, -0.1) is 0 Å². The van der Waals surface area contributed by atoms with Gasteiger partial charge in [0.25, 0.3) is 0 Å². The highest BCUT2D eigenvalue weighted by molar-refractivity contribution is 6.29. The summed E-state index contributed by atoms with van der Waals surface area (Å²) in [5, 5.41) is 4.93. The predicted molar refractivity (Wildman–Crippen MR) is 103 cm³/mol. The lowest BCUT2D eigenvalue weighted by atomic mass is 9.95. The fraction of sp³-hybridized carbons (Fsp3) is 0. The van der Waals surface area contributed by atoms with E-state index >= 15 is 0 Å². The summed E-state index contributed by atoms with van der Waals surface area (Å²) in [6.45, 7) is 0. The molecule has 5 rings (SSSR count). The van der Waals surface area contributed by atoms with Gasteiger partial charge in [0.05, 0.1) is 5.52 Å². The van der Waals surface area contributed by atoms with Crippen LogP contribution in [-0.2, 0) is 0 Å². The van der Waals surface area contributed by atoms with Crippen molar-refractivity contribution in [2.45, 2.75) is 0 Å². The molecular formula is C21H12ClN3. The molecular weight excluding hydrogens is 330 g/mol. The molecule has 0 radical (unpaired) electrons. The maximum Gasteiger partial charge on any atom is 0.223 e. The second kappa shape index (κ2) is 5.50. The zero-order valence-corrected chi connectivity index (χ0v) is 13.9. The lowest BCUT2D eigenvalue weighted by Gasteiger charge is -2.11. The molecule has 3 aromatic carbocycles. The van der Waals surface area contributed by atoms with E-state index in [0.717, 1.165) is 33.1 Å². The fourth-order valence-corrected chi connectivity index (χ4v) is 3.55. The Bertz CT molecular complexity index is 1260. The molecule has 3 nitrogen and oxygen atoms in total. The average molecular weight is 342 g/mol. The van der Waals surface area contributed by atoms with Crippen molar-refractivity contribution in [1.29, 1.82) is 0 Å². The number of aromatic nitrogens is 3. The summed E-state index contributed by atoms with van der Waals surface area (Å²) in [6.07, 6.45) is 1.76. The Labute approximate surface area is 148 Å². The van der Waals surface area contributed by atoms with Gasteiger partial charge in [0.1, 0.15) is 11.2 Å². The summed E-state index contributed by atoms with van der Waals surface area (Å²) in [5.41, 5.74) is 3.28. The van der Waals surface area contributed by atoms with Crippen molar-refractivity contribution in [3.05, 3.63) is 78.2 Å². The van der Waals surface area contributed by atoms with Crippen molar-refractivity contribution in [3.63, 3.8) is 0 Å². The minimum Gasteiger partial charge on any atom is -0.252 e. The normalized spacial score (nSPS) is 11.4. The maximum atomic E-state index is 6.19. The molecule has 4 heteroatoms. The third-order valence-corrected chi connectivity index (χ3v) is 4.62. The van der Waals surface area contributed by atoms with Crippen LogP contribution in [0.5, 0.6) is 0 Å². The maximum absolute atomic E-state index is 6.19. The first kappa shape index (κ1) is 14.3. The molecule has 118 valence electrons. The van der Waals surface area contributed by atoms with Crippen LogP contribution in [0.4, 0.5) is 0 Å². The highest BCUT2D eigenvalue weighted by atomic mass is 35.5. The van der Waals surface area contributed by atoms with E-state index < -0.39 is 0 Å². The van der Waals surface area contributed by atoms with E-state index in [9.17, 15) is 0 Å². The fourth-order valence-electron chi connectivity index (χ4n) is 3.38. The van der Waals surface area contributed by atoms with Gasteiger partial charge >= 0.3 is 0 Å². The van der Waals surface area contributed by atoms with Crippen LogP contribution in [0.2, 0.25) is 5.28 Å². The van der Waals surface area contributed by atoms with Gasteiger partial charge in [-0.3, -0.25) is 4.98 Å². The molecule has 2 heterocycles. The Balaban J connectivity index is 1.99. The van der Waals surface area contributed by atoms with Gasteiger partial charge in [-0.05, 0) is 51.3 Å². The summed E-state index contributed by atoms with van der Waals surface area (Å²) in [7, 11) is 0. The van der Waals surface area contributed by atoms with Gasteiger partial charge in [-0.1, -0.05) is 48.5 Å². The lowest BCUT2D eigenvalue weighted by molar-refractivity contribution is 1.20. The zero-order valence-electron chi connectivity index (χ0n) is 13.1. The highest BCUT2D eigenvalue weighted by Gasteiger charge is 2.14. The molecule has 0 unspecified atom stereocenters. The van der Waals surface area contributed by atoms with Crippen LogP contribution in [0.25, 0.3) is 43.8 Å². The van der Waals surface area contributed by atoms with Crippen molar-refractivity contribution in [2.24, 2.45) is 0 Å². The molecule has 0 aliphatic rings. The third-order valence-electron chi connectivity index (χ3n) is 4.45. The zero-order chi connectivity index (χ0) is 16.8. The van der Waals surface area contributed by atoms with Crippen LogP contribution in [0.15, 0.2) is 72.9 Å². The van der Waals surface area contributed by atoms with Crippen molar-refractivity contribution in [3.8, 4) is 11.3 Å². The average Bonchev–Trinajstić information content (AvgIpc) is 2.66. The standard InChI is InChI=1S/C21H12ClN3/c22-21-24-18-10-5-11-23-20(18)19(25-21)17-12-13-6-1-2-7-14(13)15-8-3-4-9-16(15)17/h1-12H. The van der Waals surface area contributed by atoms with Gasteiger partial charge in [0, 0.05) is 11.8 Å². The third kappa shape index (κ3) is 2.24. The number of halogens is 1. The smallest absolute Gasteiger partial charge is 0.223 e. The van der Waals surface area contributed by atoms with E-state index in [0.29, 0.717) is 0 Å². The number of rotatable bonds is 1. The highest BCUT2D eigenvalue weighted by Crippen LogP contribution is 2.36. The monoisotopic (exact) mass is 341 g/mol. The minimum absolute atomic E-state index is 0.229. The van der Waals surface area contributed by atoms with Crippen molar-refractivity contribution >= 4 is 44.2 Å². The lowest BCUT2D eigenvalue weighted by Crippen LogP contribution is -1.94. The number of fused-ring (bicyclic) bond motifs is 4. The molecule has 0 fully saturated rings. The van der Waals surface area contributed by atoms with Crippen LogP contribution in [0, 0.1) is 0 Å².